The van der Waals surface area contributed by atoms with Gasteiger partial charge in [-0.25, -0.2) is 0 Å². The Morgan fingerprint density at radius 2 is 2.05 bits per heavy atom. The summed E-state index contributed by atoms with van der Waals surface area (Å²) in [4.78, 5) is 2.42. The van der Waals surface area contributed by atoms with Crippen LogP contribution in [0.5, 0.6) is 0 Å². The molecule has 0 saturated carbocycles. The largest absolute Gasteiger partial charge is 0.379 e. The molecule has 2 fully saturated rings. The fourth-order valence-corrected chi connectivity index (χ4v) is 3.21. The van der Waals surface area contributed by atoms with Crippen LogP contribution < -0.4 is 5.32 Å². The maximum Gasteiger partial charge on any atom is 0.0601 e. The van der Waals surface area contributed by atoms with Crippen molar-refractivity contribution in [3.05, 3.63) is 34.9 Å². The van der Waals surface area contributed by atoms with Gasteiger partial charge in [-0.3, -0.25) is 0 Å². The molecule has 1 atom stereocenters. The summed E-state index contributed by atoms with van der Waals surface area (Å²) in [5.74, 6) is 0. The van der Waals surface area contributed by atoms with Gasteiger partial charge in [0, 0.05) is 25.7 Å². The lowest BCUT2D eigenvalue weighted by atomic mass is 9.71. The Morgan fingerprint density at radius 1 is 1.26 bits per heavy atom. The van der Waals surface area contributed by atoms with Gasteiger partial charge in [0.25, 0.3) is 0 Å². The van der Waals surface area contributed by atoms with Crippen molar-refractivity contribution in [2.24, 2.45) is 0 Å². The molecule has 0 aliphatic carbocycles. The van der Waals surface area contributed by atoms with Gasteiger partial charge in [0.05, 0.1) is 18.6 Å². The molecule has 1 aromatic carbocycles. The lowest BCUT2D eigenvalue weighted by molar-refractivity contribution is -0.0865. The van der Waals surface area contributed by atoms with E-state index >= 15 is 0 Å². The lowest BCUT2D eigenvalue weighted by Crippen LogP contribution is -2.66. The molecule has 0 aromatic heterocycles. The van der Waals surface area contributed by atoms with Crippen molar-refractivity contribution in [1.29, 1.82) is 0 Å². The molecule has 1 unspecified atom stereocenters. The number of hydrogen-bond donors (Lipinski definition) is 1. The molecule has 2 aliphatic rings. The van der Waals surface area contributed by atoms with Gasteiger partial charge in [0.2, 0.25) is 0 Å². The molecule has 3 nitrogen and oxygen atoms in total. The van der Waals surface area contributed by atoms with Crippen LogP contribution in [-0.2, 0) is 10.2 Å². The summed E-state index contributed by atoms with van der Waals surface area (Å²) in [7, 11) is 2.21. The molecule has 2 aliphatic heterocycles. The van der Waals surface area contributed by atoms with E-state index in [0.717, 1.165) is 32.8 Å². The predicted octanol–water partition coefficient (Wildman–Crippen LogP) is 1.48. The Balaban J connectivity index is 1.91. The summed E-state index contributed by atoms with van der Waals surface area (Å²) in [6.07, 6.45) is 0. The molecule has 1 N–H and O–H groups in total. The molecule has 1 aromatic rings. The van der Waals surface area contributed by atoms with Gasteiger partial charge in [0.1, 0.15) is 0 Å². The topological polar surface area (TPSA) is 24.5 Å². The number of aryl methyl sites for hydroxylation is 2. The first-order chi connectivity index (χ1) is 9.12. The van der Waals surface area contributed by atoms with Crippen LogP contribution in [0.25, 0.3) is 0 Å². The van der Waals surface area contributed by atoms with E-state index in [1.165, 1.54) is 16.7 Å². The third-order valence-electron chi connectivity index (χ3n) is 4.85. The Morgan fingerprint density at radius 3 is 2.63 bits per heavy atom. The average Bonchev–Trinajstić information content (AvgIpc) is 2.32. The van der Waals surface area contributed by atoms with Crippen LogP contribution in [-0.4, -0.2) is 50.8 Å². The number of hydrogen-bond acceptors (Lipinski definition) is 3. The van der Waals surface area contributed by atoms with Gasteiger partial charge in [-0.05, 0) is 37.6 Å². The zero-order valence-corrected chi connectivity index (χ0v) is 12.2. The van der Waals surface area contributed by atoms with E-state index in [1.807, 2.05) is 0 Å². The van der Waals surface area contributed by atoms with Crippen molar-refractivity contribution < 1.29 is 4.74 Å². The van der Waals surface area contributed by atoms with Gasteiger partial charge in [0.15, 0.2) is 0 Å². The van der Waals surface area contributed by atoms with E-state index in [4.69, 9.17) is 4.74 Å². The number of nitrogens with zero attached hydrogens (tertiary/aromatic N) is 1. The van der Waals surface area contributed by atoms with E-state index in [-0.39, 0.29) is 5.41 Å². The van der Waals surface area contributed by atoms with Crippen molar-refractivity contribution in [2.75, 3.05) is 39.9 Å². The van der Waals surface area contributed by atoms with Crippen LogP contribution in [0.2, 0.25) is 0 Å². The predicted molar refractivity (Wildman–Crippen MR) is 77.7 cm³/mol. The highest BCUT2D eigenvalue weighted by atomic mass is 16.5. The van der Waals surface area contributed by atoms with E-state index in [2.05, 4.69) is 49.3 Å². The molecular weight excluding hydrogens is 236 g/mol. The van der Waals surface area contributed by atoms with Crippen molar-refractivity contribution in [3.8, 4) is 0 Å². The Bertz CT molecular complexity index is 468. The van der Waals surface area contributed by atoms with Crippen molar-refractivity contribution in [1.82, 2.24) is 10.2 Å². The summed E-state index contributed by atoms with van der Waals surface area (Å²) >= 11 is 0. The molecule has 0 amide bonds. The van der Waals surface area contributed by atoms with Gasteiger partial charge >= 0.3 is 0 Å². The molecule has 2 saturated heterocycles. The van der Waals surface area contributed by atoms with Crippen LogP contribution in [0, 0.1) is 13.8 Å². The van der Waals surface area contributed by atoms with E-state index in [0.29, 0.717) is 6.04 Å². The second-order valence-electron chi connectivity index (χ2n) is 6.22. The number of likely N-dealkylation sites (N-methyl/N-ethyl adjacent to an activating group) is 1. The maximum atomic E-state index is 5.59. The third kappa shape index (κ3) is 2.20. The minimum atomic E-state index is 0.174. The molecule has 0 spiro atoms. The molecule has 3 heteroatoms. The smallest absolute Gasteiger partial charge is 0.0601 e. The van der Waals surface area contributed by atoms with Crippen LogP contribution in [0.3, 0.4) is 0 Å². The van der Waals surface area contributed by atoms with E-state index < -0.39 is 0 Å². The first-order valence-corrected chi connectivity index (χ1v) is 7.19. The van der Waals surface area contributed by atoms with Gasteiger partial charge < -0.3 is 15.0 Å². The average molecular weight is 260 g/mol. The summed E-state index contributed by atoms with van der Waals surface area (Å²) in [6, 6.07) is 7.40. The number of benzene rings is 1. The SMILES string of the molecule is Cc1ccc(C2(C3CN(C)CCN3)COC2)cc1C. The standard InChI is InChI=1S/C16H24N2O/c1-12-4-5-14(8-13(12)2)16(10-19-11-16)15-9-18(3)7-6-17-15/h4-5,8,15,17H,6-7,9-11H2,1-3H3. The fourth-order valence-electron chi connectivity index (χ4n) is 3.21. The first-order valence-electron chi connectivity index (χ1n) is 7.19. The molecular formula is C16H24N2O. The summed E-state index contributed by atoms with van der Waals surface area (Å²) < 4.78 is 5.59. The molecule has 2 heterocycles. The van der Waals surface area contributed by atoms with Crippen molar-refractivity contribution in [3.63, 3.8) is 0 Å². The number of ether oxygens (including phenoxy) is 1. The number of nitrogens with one attached hydrogen (secondary N) is 1. The van der Waals surface area contributed by atoms with Crippen molar-refractivity contribution >= 4 is 0 Å². The normalized spacial score (nSPS) is 27.0. The fraction of sp³-hybridized carbons (Fsp3) is 0.625. The minimum absolute atomic E-state index is 0.174. The van der Waals surface area contributed by atoms with Gasteiger partial charge in [-0.1, -0.05) is 18.2 Å². The Labute approximate surface area is 115 Å². The summed E-state index contributed by atoms with van der Waals surface area (Å²) in [5.41, 5.74) is 4.36. The molecule has 104 valence electrons. The number of piperazine rings is 1. The zero-order valence-electron chi connectivity index (χ0n) is 12.2. The highest BCUT2D eigenvalue weighted by Gasteiger charge is 2.48. The van der Waals surface area contributed by atoms with Crippen LogP contribution in [0.4, 0.5) is 0 Å². The third-order valence-corrected chi connectivity index (χ3v) is 4.85. The molecule has 0 bridgehead atoms. The zero-order chi connectivity index (χ0) is 13.5. The Hall–Kier alpha value is -0.900. The minimum Gasteiger partial charge on any atom is -0.379 e. The highest BCUT2D eigenvalue weighted by Crippen LogP contribution is 2.37. The second kappa shape index (κ2) is 4.89. The van der Waals surface area contributed by atoms with Crippen LogP contribution in [0.15, 0.2) is 18.2 Å². The van der Waals surface area contributed by atoms with Crippen LogP contribution >= 0.6 is 0 Å². The second-order valence-corrected chi connectivity index (χ2v) is 6.22. The monoisotopic (exact) mass is 260 g/mol. The molecule has 3 rings (SSSR count). The van der Waals surface area contributed by atoms with Crippen LogP contribution in [0.1, 0.15) is 16.7 Å². The summed E-state index contributed by atoms with van der Waals surface area (Å²) in [5, 5.41) is 3.70. The molecule has 19 heavy (non-hydrogen) atoms. The van der Waals surface area contributed by atoms with Gasteiger partial charge in [-0.2, -0.15) is 0 Å². The molecule has 0 radical (unpaired) electrons. The van der Waals surface area contributed by atoms with E-state index in [9.17, 15) is 0 Å². The van der Waals surface area contributed by atoms with Gasteiger partial charge in [-0.15, -0.1) is 0 Å². The van der Waals surface area contributed by atoms with E-state index in [1.54, 1.807) is 0 Å². The summed E-state index contributed by atoms with van der Waals surface area (Å²) in [6.45, 7) is 9.40. The number of rotatable bonds is 2. The quantitative estimate of drug-likeness (QED) is 0.871. The Kier molecular flexibility index (Phi) is 3.37. The maximum absolute atomic E-state index is 5.59. The highest BCUT2D eigenvalue weighted by molar-refractivity contribution is 5.38. The van der Waals surface area contributed by atoms with Crippen molar-refractivity contribution in [2.45, 2.75) is 25.3 Å². The lowest BCUT2D eigenvalue weighted by Gasteiger charge is -2.50. The first kappa shape index (κ1) is 13.1.